The van der Waals surface area contributed by atoms with Crippen LogP contribution < -0.4 is 0 Å². The van der Waals surface area contributed by atoms with E-state index in [4.69, 9.17) is 4.74 Å². The van der Waals surface area contributed by atoms with Crippen molar-refractivity contribution >= 4 is 5.97 Å². The van der Waals surface area contributed by atoms with E-state index >= 15 is 0 Å². The van der Waals surface area contributed by atoms with E-state index in [-0.39, 0.29) is 23.5 Å². The van der Waals surface area contributed by atoms with Crippen molar-refractivity contribution in [1.82, 2.24) is 4.90 Å². The minimum atomic E-state index is -0.303. The van der Waals surface area contributed by atoms with Gasteiger partial charge in [-0.15, -0.1) is 0 Å². The van der Waals surface area contributed by atoms with Gasteiger partial charge in [-0.2, -0.15) is 0 Å². The van der Waals surface area contributed by atoms with E-state index in [1.807, 2.05) is 0 Å². The van der Waals surface area contributed by atoms with E-state index in [1.165, 1.54) is 11.1 Å². The monoisotopic (exact) mass is 271 g/mol. The highest BCUT2D eigenvalue weighted by Crippen LogP contribution is 2.51. The molecule has 3 aliphatic heterocycles. The van der Waals surface area contributed by atoms with E-state index in [0.29, 0.717) is 6.04 Å². The Kier molecular flexibility index (Phi) is 2.53. The fourth-order valence-electron chi connectivity index (χ4n) is 4.65. The van der Waals surface area contributed by atoms with Crippen LogP contribution in [-0.2, 0) is 16.0 Å². The van der Waals surface area contributed by atoms with Gasteiger partial charge >= 0.3 is 5.97 Å². The van der Waals surface area contributed by atoms with Crippen molar-refractivity contribution in [2.24, 2.45) is 5.41 Å². The summed E-state index contributed by atoms with van der Waals surface area (Å²) in [6.07, 6.45) is 3.10. The molecule has 0 radical (unpaired) electrons. The topological polar surface area (TPSA) is 29.5 Å². The molecule has 4 atom stereocenters. The van der Waals surface area contributed by atoms with Gasteiger partial charge in [0, 0.05) is 12.6 Å². The molecule has 0 aromatic heterocycles. The normalized spacial score (nSPS) is 39.7. The lowest BCUT2D eigenvalue weighted by Crippen LogP contribution is -2.56. The van der Waals surface area contributed by atoms with Crippen LogP contribution in [0.1, 0.15) is 43.9 Å². The standard InChI is InChI=1S/C17H21NO2/c1-11-15-17(2,16(19)20-11)9-7-14-13-6-4-3-5-12(13)8-10-18(14)15/h3-6,11,14-15H,7-10H2,1-2H3/t11-,14-,15-,17-/m1/s1. The lowest BCUT2D eigenvalue weighted by atomic mass is 9.70. The molecule has 20 heavy (non-hydrogen) atoms. The number of ether oxygens (including phenoxy) is 1. The molecule has 0 unspecified atom stereocenters. The van der Waals surface area contributed by atoms with Gasteiger partial charge in [-0.25, -0.2) is 0 Å². The Morgan fingerprint density at radius 1 is 1.35 bits per heavy atom. The van der Waals surface area contributed by atoms with E-state index in [0.717, 1.165) is 25.8 Å². The fourth-order valence-corrected chi connectivity index (χ4v) is 4.65. The molecule has 0 N–H and O–H groups in total. The molecule has 0 bridgehead atoms. The number of hydrogen-bond donors (Lipinski definition) is 0. The van der Waals surface area contributed by atoms with Gasteiger partial charge < -0.3 is 4.74 Å². The zero-order valence-corrected chi connectivity index (χ0v) is 12.1. The van der Waals surface area contributed by atoms with Crippen molar-refractivity contribution in [2.45, 2.75) is 51.3 Å². The van der Waals surface area contributed by atoms with E-state index in [2.05, 4.69) is 43.0 Å². The summed E-state index contributed by atoms with van der Waals surface area (Å²) >= 11 is 0. The van der Waals surface area contributed by atoms with Crippen molar-refractivity contribution in [3.8, 4) is 0 Å². The Bertz CT molecular complexity index is 570. The number of piperidine rings is 1. The summed E-state index contributed by atoms with van der Waals surface area (Å²) in [7, 11) is 0. The highest BCUT2D eigenvalue weighted by atomic mass is 16.6. The Morgan fingerprint density at radius 2 is 2.15 bits per heavy atom. The van der Waals surface area contributed by atoms with Crippen LogP contribution in [0.3, 0.4) is 0 Å². The van der Waals surface area contributed by atoms with Crippen LogP contribution in [-0.4, -0.2) is 29.6 Å². The van der Waals surface area contributed by atoms with Crippen LogP contribution in [0.15, 0.2) is 24.3 Å². The second kappa shape index (κ2) is 4.08. The van der Waals surface area contributed by atoms with Gasteiger partial charge in [0.05, 0.1) is 11.5 Å². The fraction of sp³-hybridized carbons (Fsp3) is 0.588. The molecule has 0 amide bonds. The summed E-state index contributed by atoms with van der Waals surface area (Å²) in [5, 5.41) is 0. The summed E-state index contributed by atoms with van der Waals surface area (Å²) in [6, 6.07) is 9.48. The molecular weight excluding hydrogens is 250 g/mol. The second-order valence-electron chi connectivity index (χ2n) is 6.71. The quantitative estimate of drug-likeness (QED) is 0.679. The maximum atomic E-state index is 12.2. The molecule has 3 aliphatic rings. The first-order valence-corrected chi connectivity index (χ1v) is 7.66. The number of rotatable bonds is 0. The van der Waals surface area contributed by atoms with Crippen molar-refractivity contribution in [3.05, 3.63) is 35.4 Å². The van der Waals surface area contributed by atoms with E-state index < -0.39 is 0 Å². The number of esters is 1. The van der Waals surface area contributed by atoms with Crippen molar-refractivity contribution < 1.29 is 9.53 Å². The number of carbonyl (C=O) groups is 1. The Hall–Kier alpha value is -1.35. The third-order valence-electron chi connectivity index (χ3n) is 5.60. The SMILES string of the molecule is C[C@H]1OC(=O)[C@]2(C)CC[C@@H]3c4ccccc4CCN3[C@H]12. The van der Waals surface area contributed by atoms with Gasteiger partial charge in [-0.1, -0.05) is 24.3 Å². The maximum Gasteiger partial charge on any atom is 0.313 e. The highest BCUT2D eigenvalue weighted by molar-refractivity contribution is 5.80. The average molecular weight is 271 g/mol. The van der Waals surface area contributed by atoms with Gasteiger partial charge in [0.25, 0.3) is 0 Å². The van der Waals surface area contributed by atoms with Gasteiger partial charge in [0.2, 0.25) is 0 Å². The van der Waals surface area contributed by atoms with Gasteiger partial charge in [-0.3, -0.25) is 9.69 Å². The lowest BCUT2D eigenvalue weighted by Gasteiger charge is -2.50. The van der Waals surface area contributed by atoms with Crippen LogP contribution in [0.25, 0.3) is 0 Å². The molecule has 3 nitrogen and oxygen atoms in total. The molecule has 3 heterocycles. The molecule has 3 heteroatoms. The van der Waals surface area contributed by atoms with Crippen LogP contribution >= 0.6 is 0 Å². The zero-order chi connectivity index (χ0) is 13.9. The Balaban J connectivity index is 1.76. The third kappa shape index (κ3) is 1.47. The first-order valence-electron chi connectivity index (χ1n) is 7.66. The summed E-state index contributed by atoms with van der Waals surface area (Å²) in [6.45, 7) is 5.19. The summed E-state index contributed by atoms with van der Waals surface area (Å²) in [4.78, 5) is 14.8. The average Bonchev–Trinajstić information content (AvgIpc) is 2.69. The summed E-state index contributed by atoms with van der Waals surface area (Å²) in [5.41, 5.74) is 2.64. The Labute approximate surface area is 119 Å². The van der Waals surface area contributed by atoms with Gasteiger partial charge in [-0.05, 0) is 44.2 Å². The minimum Gasteiger partial charge on any atom is -0.461 e. The van der Waals surface area contributed by atoms with Crippen LogP contribution in [0.5, 0.6) is 0 Å². The lowest BCUT2D eigenvalue weighted by molar-refractivity contribution is -0.149. The van der Waals surface area contributed by atoms with E-state index in [9.17, 15) is 4.79 Å². The van der Waals surface area contributed by atoms with Crippen molar-refractivity contribution in [3.63, 3.8) is 0 Å². The van der Waals surface area contributed by atoms with Gasteiger partial charge in [0.15, 0.2) is 0 Å². The smallest absolute Gasteiger partial charge is 0.313 e. The largest absolute Gasteiger partial charge is 0.461 e. The number of hydrogen-bond acceptors (Lipinski definition) is 3. The third-order valence-corrected chi connectivity index (χ3v) is 5.60. The molecule has 2 fully saturated rings. The predicted molar refractivity (Wildman–Crippen MR) is 76.3 cm³/mol. The molecule has 0 spiro atoms. The van der Waals surface area contributed by atoms with E-state index in [1.54, 1.807) is 0 Å². The number of nitrogens with zero attached hydrogens (tertiary/aromatic N) is 1. The molecule has 4 rings (SSSR count). The van der Waals surface area contributed by atoms with Crippen LogP contribution in [0.4, 0.5) is 0 Å². The molecular formula is C17H21NO2. The van der Waals surface area contributed by atoms with Crippen LogP contribution in [0.2, 0.25) is 0 Å². The summed E-state index contributed by atoms with van der Waals surface area (Å²) < 4.78 is 5.57. The number of fused-ring (bicyclic) bond motifs is 5. The molecule has 1 aromatic carbocycles. The number of cyclic esters (lactones) is 1. The minimum absolute atomic E-state index is 0.00677. The predicted octanol–water partition coefficient (Wildman–Crippen LogP) is 2.70. The van der Waals surface area contributed by atoms with Crippen molar-refractivity contribution in [1.29, 1.82) is 0 Å². The van der Waals surface area contributed by atoms with Crippen molar-refractivity contribution in [2.75, 3.05) is 6.54 Å². The Morgan fingerprint density at radius 3 is 3.00 bits per heavy atom. The molecule has 0 saturated carbocycles. The first-order chi connectivity index (χ1) is 9.61. The maximum absolute atomic E-state index is 12.2. The zero-order valence-electron chi connectivity index (χ0n) is 12.1. The second-order valence-corrected chi connectivity index (χ2v) is 6.71. The number of benzene rings is 1. The molecule has 2 saturated heterocycles. The van der Waals surface area contributed by atoms with Crippen LogP contribution in [0, 0.1) is 5.41 Å². The molecule has 106 valence electrons. The van der Waals surface area contributed by atoms with Gasteiger partial charge in [0.1, 0.15) is 6.10 Å². The summed E-state index contributed by atoms with van der Waals surface area (Å²) in [5.74, 6) is 0.00677. The highest BCUT2D eigenvalue weighted by Gasteiger charge is 2.59. The molecule has 1 aromatic rings. The molecule has 0 aliphatic carbocycles. The first kappa shape index (κ1) is 12.4. The number of carbonyl (C=O) groups excluding carboxylic acids is 1.